The molecule has 0 radical (unpaired) electrons. The fraction of sp³-hybridized carbons (Fsp3) is 0.579. The lowest BCUT2D eigenvalue weighted by atomic mass is 9.67. The Morgan fingerprint density at radius 1 is 1.00 bits per heavy atom. The Labute approximate surface area is 127 Å². The second-order valence-corrected chi connectivity index (χ2v) is 6.84. The van der Waals surface area contributed by atoms with Gasteiger partial charge in [0.15, 0.2) is 0 Å². The number of nitrogens with one attached hydrogen (secondary N) is 1. The minimum atomic E-state index is 0.273. The van der Waals surface area contributed by atoms with Crippen LogP contribution in [-0.2, 0) is 0 Å². The van der Waals surface area contributed by atoms with Gasteiger partial charge in [-0.2, -0.15) is 0 Å². The third-order valence-electron chi connectivity index (χ3n) is 5.68. The van der Waals surface area contributed by atoms with Crippen LogP contribution in [0.2, 0.25) is 0 Å². The Bertz CT molecular complexity index is 581. The summed E-state index contributed by atoms with van der Waals surface area (Å²) in [6.45, 7) is 0. The SMILES string of the molecule is COc1ccc2c(c1)C1=C(CCCC1)C1(CCCCC1)N2. The number of rotatable bonds is 1. The van der Waals surface area contributed by atoms with Crippen molar-refractivity contribution in [2.75, 3.05) is 12.4 Å². The standard InChI is InChI=1S/C19H25NO/c1-21-14-9-10-18-16(13-14)15-7-3-4-8-17(15)19(20-18)11-5-2-6-12-19/h9-10,13,20H,2-8,11-12H2,1H3. The van der Waals surface area contributed by atoms with Gasteiger partial charge >= 0.3 is 0 Å². The minimum absolute atomic E-state index is 0.273. The molecule has 0 aromatic heterocycles. The quantitative estimate of drug-likeness (QED) is 0.769. The van der Waals surface area contributed by atoms with Crippen LogP contribution in [0.15, 0.2) is 23.8 Å². The van der Waals surface area contributed by atoms with Crippen molar-refractivity contribution in [1.29, 1.82) is 0 Å². The van der Waals surface area contributed by atoms with E-state index < -0.39 is 0 Å². The Hall–Kier alpha value is -1.44. The van der Waals surface area contributed by atoms with Crippen LogP contribution >= 0.6 is 0 Å². The molecule has 1 heterocycles. The van der Waals surface area contributed by atoms with Gasteiger partial charge in [0.2, 0.25) is 0 Å². The van der Waals surface area contributed by atoms with E-state index in [1.165, 1.54) is 69.0 Å². The molecular formula is C19H25NO. The normalized spacial score (nSPS) is 23.3. The summed E-state index contributed by atoms with van der Waals surface area (Å²) < 4.78 is 5.45. The van der Waals surface area contributed by atoms with Crippen LogP contribution in [0.1, 0.15) is 63.4 Å². The average Bonchev–Trinajstić information content (AvgIpc) is 2.56. The van der Waals surface area contributed by atoms with Crippen molar-refractivity contribution >= 4 is 11.3 Å². The van der Waals surface area contributed by atoms with Gasteiger partial charge in [-0.1, -0.05) is 19.3 Å². The Kier molecular flexibility index (Phi) is 3.20. The van der Waals surface area contributed by atoms with Crippen molar-refractivity contribution in [3.63, 3.8) is 0 Å². The molecule has 0 bridgehead atoms. The number of ether oxygens (including phenoxy) is 1. The molecule has 2 nitrogen and oxygen atoms in total. The van der Waals surface area contributed by atoms with Crippen molar-refractivity contribution in [3.8, 4) is 5.75 Å². The van der Waals surface area contributed by atoms with Crippen molar-refractivity contribution in [3.05, 3.63) is 29.3 Å². The molecule has 112 valence electrons. The van der Waals surface area contributed by atoms with E-state index in [1.807, 2.05) is 0 Å². The van der Waals surface area contributed by atoms with Crippen molar-refractivity contribution in [2.24, 2.45) is 0 Å². The van der Waals surface area contributed by atoms with Gasteiger partial charge in [-0.05, 0) is 67.9 Å². The van der Waals surface area contributed by atoms with E-state index in [-0.39, 0.29) is 5.54 Å². The zero-order valence-corrected chi connectivity index (χ0v) is 13.0. The largest absolute Gasteiger partial charge is 0.497 e. The summed E-state index contributed by atoms with van der Waals surface area (Å²) in [6, 6.07) is 6.55. The molecule has 1 saturated carbocycles. The van der Waals surface area contributed by atoms with Gasteiger partial charge in [-0.15, -0.1) is 0 Å². The topological polar surface area (TPSA) is 21.3 Å². The molecule has 0 unspecified atom stereocenters. The third-order valence-corrected chi connectivity index (χ3v) is 5.68. The van der Waals surface area contributed by atoms with E-state index in [1.54, 1.807) is 18.3 Å². The molecule has 1 N–H and O–H groups in total. The summed E-state index contributed by atoms with van der Waals surface area (Å²) in [5.41, 5.74) is 6.37. The lowest BCUT2D eigenvalue weighted by molar-refractivity contribution is 0.353. The number of benzene rings is 1. The second kappa shape index (κ2) is 5.08. The van der Waals surface area contributed by atoms with Crippen LogP contribution < -0.4 is 10.1 Å². The number of methoxy groups -OCH3 is 1. The van der Waals surface area contributed by atoms with E-state index in [4.69, 9.17) is 4.74 Å². The highest BCUT2D eigenvalue weighted by Crippen LogP contribution is 2.51. The van der Waals surface area contributed by atoms with E-state index >= 15 is 0 Å². The molecule has 2 heteroatoms. The molecule has 0 atom stereocenters. The van der Waals surface area contributed by atoms with E-state index in [0.29, 0.717) is 0 Å². The molecule has 0 amide bonds. The Morgan fingerprint density at radius 2 is 1.81 bits per heavy atom. The lowest BCUT2D eigenvalue weighted by Crippen LogP contribution is -2.45. The molecule has 1 aromatic rings. The van der Waals surface area contributed by atoms with Gasteiger partial charge in [-0.25, -0.2) is 0 Å². The number of hydrogen-bond acceptors (Lipinski definition) is 2. The minimum Gasteiger partial charge on any atom is -0.497 e. The van der Waals surface area contributed by atoms with Gasteiger partial charge in [-0.3, -0.25) is 0 Å². The van der Waals surface area contributed by atoms with Gasteiger partial charge in [0.1, 0.15) is 5.75 Å². The molecule has 3 aliphatic rings. The predicted octanol–water partition coefficient (Wildman–Crippen LogP) is 5.15. The number of allylic oxidation sites excluding steroid dienone is 1. The van der Waals surface area contributed by atoms with Gasteiger partial charge < -0.3 is 10.1 Å². The number of hydrogen-bond donors (Lipinski definition) is 1. The number of anilines is 1. The summed E-state index contributed by atoms with van der Waals surface area (Å²) in [5, 5.41) is 3.95. The molecule has 0 saturated heterocycles. The van der Waals surface area contributed by atoms with Crippen molar-refractivity contribution in [1.82, 2.24) is 0 Å². The summed E-state index contributed by atoms with van der Waals surface area (Å²) >= 11 is 0. The van der Waals surface area contributed by atoms with Crippen LogP contribution in [0, 0.1) is 0 Å². The number of fused-ring (bicyclic) bond motifs is 3. The molecule has 2 aliphatic carbocycles. The summed E-state index contributed by atoms with van der Waals surface area (Å²) in [7, 11) is 1.76. The fourth-order valence-electron chi connectivity index (χ4n) is 4.66. The molecule has 1 fully saturated rings. The fourth-order valence-corrected chi connectivity index (χ4v) is 4.66. The molecule has 21 heavy (non-hydrogen) atoms. The first-order valence-electron chi connectivity index (χ1n) is 8.51. The monoisotopic (exact) mass is 283 g/mol. The average molecular weight is 283 g/mol. The first-order valence-corrected chi connectivity index (χ1v) is 8.51. The highest BCUT2D eigenvalue weighted by molar-refractivity contribution is 5.85. The van der Waals surface area contributed by atoms with Crippen LogP contribution in [-0.4, -0.2) is 12.6 Å². The third kappa shape index (κ3) is 2.07. The summed E-state index contributed by atoms with van der Waals surface area (Å²) in [4.78, 5) is 0. The predicted molar refractivity (Wildman–Crippen MR) is 87.8 cm³/mol. The maximum absolute atomic E-state index is 5.45. The zero-order valence-electron chi connectivity index (χ0n) is 13.0. The molecule has 1 aromatic carbocycles. The van der Waals surface area contributed by atoms with Gasteiger partial charge in [0, 0.05) is 11.3 Å². The van der Waals surface area contributed by atoms with Gasteiger partial charge in [0.25, 0.3) is 0 Å². The van der Waals surface area contributed by atoms with Crippen molar-refractivity contribution < 1.29 is 4.74 Å². The smallest absolute Gasteiger partial charge is 0.119 e. The van der Waals surface area contributed by atoms with Crippen LogP contribution in [0.25, 0.3) is 5.57 Å². The first kappa shape index (κ1) is 13.2. The van der Waals surface area contributed by atoms with Crippen LogP contribution in [0.3, 0.4) is 0 Å². The first-order chi connectivity index (χ1) is 10.3. The maximum atomic E-state index is 5.45. The Morgan fingerprint density at radius 3 is 2.62 bits per heavy atom. The maximum Gasteiger partial charge on any atom is 0.119 e. The highest BCUT2D eigenvalue weighted by Gasteiger charge is 2.41. The summed E-state index contributed by atoms with van der Waals surface area (Å²) in [5.74, 6) is 0.979. The zero-order chi connectivity index (χ0) is 14.3. The van der Waals surface area contributed by atoms with E-state index in [9.17, 15) is 0 Å². The van der Waals surface area contributed by atoms with Crippen LogP contribution in [0.4, 0.5) is 5.69 Å². The van der Waals surface area contributed by atoms with Crippen LogP contribution in [0.5, 0.6) is 5.75 Å². The molecular weight excluding hydrogens is 258 g/mol. The highest BCUT2D eigenvalue weighted by atomic mass is 16.5. The van der Waals surface area contributed by atoms with Gasteiger partial charge in [0.05, 0.1) is 12.6 Å². The lowest BCUT2D eigenvalue weighted by Gasteiger charge is -2.47. The molecule has 4 rings (SSSR count). The van der Waals surface area contributed by atoms with E-state index in [2.05, 4.69) is 23.5 Å². The van der Waals surface area contributed by atoms with E-state index in [0.717, 1.165) is 5.75 Å². The second-order valence-electron chi connectivity index (χ2n) is 6.84. The Balaban J connectivity index is 1.86. The summed E-state index contributed by atoms with van der Waals surface area (Å²) in [6.07, 6.45) is 12.0. The molecule has 1 aliphatic heterocycles. The molecule has 1 spiro atoms. The van der Waals surface area contributed by atoms with Crippen molar-refractivity contribution in [2.45, 2.75) is 63.3 Å².